The Bertz CT molecular complexity index is 436. The van der Waals surface area contributed by atoms with E-state index < -0.39 is 23.2 Å². The molecular weight excluding hydrogens is 234 g/mol. The van der Waals surface area contributed by atoms with Crippen LogP contribution in [0.3, 0.4) is 0 Å². The summed E-state index contributed by atoms with van der Waals surface area (Å²) in [7, 11) is -7.01. The van der Waals surface area contributed by atoms with Crippen molar-refractivity contribution in [3.05, 3.63) is 0 Å². The third-order valence-electron chi connectivity index (χ3n) is 1.21. The van der Waals surface area contributed by atoms with Crippen LogP contribution in [0.2, 0.25) is 19.6 Å². The van der Waals surface area contributed by atoms with Crippen LogP contribution in [0.15, 0.2) is 0 Å². The largest absolute Gasteiger partial charge is 0.350 e. The minimum absolute atomic E-state index is 1.16. The van der Waals surface area contributed by atoms with Gasteiger partial charge in [0.1, 0.15) is 18.2 Å². The maximum absolute atomic E-state index is 11.5. The van der Waals surface area contributed by atoms with Gasteiger partial charge < -0.3 is 3.87 Å². The normalized spacial score (nSPS) is 12.3. The topological polar surface area (TPSA) is 115 Å². The molecule has 0 aromatic carbocycles. The van der Waals surface area contributed by atoms with Crippen LogP contribution in [0, 0.1) is 34.0 Å². The summed E-state index contributed by atoms with van der Waals surface area (Å²) in [5.74, 6) is 0. The summed E-state index contributed by atoms with van der Waals surface area (Å²) >= 11 is 0. The van der Waals surface area contributed by atoms with Crippen LogP contribution in [0.4, 0.5) is 0 Å². The van der Waals surface area contributed by atoms with Crippen molar-refractivity contribution in [2.45, 2.75) is 24.4 Å². The molecule has 0 aromatic heterocycles. The zero-order valence-electron chi connectivity index (χ0n) is 8.47. The van der Waals surface area contributed by atoms with Gasteiger partial charge in [-0.3, -0.25) is 0 Å². The van der Waals surface area contributed by atoms with Crippen LogP contribution >= 0.6 is 0 Å². The molecule has 0 spiro atoms. The maximum Gasteiger partial charge on any atom is 0.350 e. The van der Waals surface area contributed by atoms with Crippen LogP contribution in [0.5, 0.6) is 0 Å². The van der Waals surface area contributed by atoms with Crippen molar-refractivity contribution in [3.8, 4) is 18.2 Å². The molecule has 0 fully saturated rings. The Hall–Kier alpha value is -1.40. The van der Waals surface area contributed by atoms with Crippen molar-refractivity contribution in [1.82, 2.24) is 0 Å². The molecule has 0 N–H and O–H groups in total. The summed E-state index contributed by atoms with van der Waals surface area (Å²) in [6.07, 6.45) is 0. The molecule has 0 radical (unpaired) electrons. The Labute approximate surface area is 89.6 Å². The number of hydrogen-bond donors (Lipinski definition) is 0. The van der Waals surface area contributed by atoms with Crippen LogP contribution in [-0.2, 0) is 14.0 Å². The molecule has 0 aliphatic heterocycles. The Morgan fingerprint density at radius 1 is 1.07 bits per heavy atom. The number of rotatable bonds is 3. The first-order valence-electron chi connectivity index (χ1n) is 3.83. The van der Waals surface area contributed by atoms with Crippen molar-refractivity contribution in [2.75, 3.05) is 0 Å². The van der Waals surface area contributed by atoms with E-state index in [-0.39, 0.29) is 0 Å². The molecule has 0 unspecified atom stereocenters. The highest BCUT2D eigenvalue weighted by Gasteiger charge is 2.49. The third kappa shape index (κ3) is 2.77. The SMILES string of the molecule is C[Si](C)(C)OS(=O)(=O)C(C#N)(C#N)C#N. The first kappa shape index (κ1) is 13.6. The van der Waals surface area contributed by atoms with E-state index >= 15 is 0 Å². The van der Waals surface area contributed by atoms with E-state index in [0.717, 1.165) is 18.2 Å². The monoisotopic (exact) mass is 243 g/mol. The standard InChI is InChI=1S/C7H9N3O3SSi/c1-15(2,3)13-14(11,12)7(4-8,5-9)6-10/h1-3H3. The molecule has 0 aliphatic rings. The van der Waals surface area contributed by atoms with Gasteiger partial charge in [-0.1, -0.05) is 0 Å². The first-order chi connectivity index (χ1) is 6.64. The van der Waals surface area contributed by atoms with Gasteiger partial charge in [0.05, 0.1) is 0 Å². The Morgan fingerprint density at radius 3 is 1.60 bits per heavy atom. The highest BCUT2D eigenvalue weighted by Crippen LogP contribution is 2.21. The van der Waals surface area contributed by atoms with Crippen LogP contribution in [0.25, 0.3) is 0 Å². The van der Waals surface area contributed by atoms with Gasteiger partial charge in [-0.2, -0.15) is 24.2 Å². The molecule has 15 heavy (non-hydrogen) atoms. The van der Waals surface area contributed by atoms with Crippen molar-refractivity contribution in [1.29, 1.82) is 15.8 Å². The van der Waals surface area contributed by atoms with Gasteiger partial charge in [0.15, 0.2) is 0 Å². The van der Waals surface area contributed by atoms with E-state index in [1.165, 1.54) is 0 Å². The molecule has 0 saturated heterocycles. The van der Waals surface area contributed by atoms with Crippen molar-refractivity contribution >= 4 is 18.4 Å². The summed E-state index contributed by atoms with van der Waals surface area (Å²) in [4.78, 5) is 0. The predicted octanol–water partition coefficient (Wildman–Crippen LogP) is 0.477. The molecule has 0 aliphatic carbocycles. The fourth-order valence-electron chi connectivity index (χ4n) is 0.634. The predicted molar refractivity (Wildman–Crippen MR) is 52.9 cm³/mol. The number of nitriles is 3. The Kier molecular flexibility index (Phi) is 3.62. The fraction of sp³-hybridized carbons (Fsp3) is 0.571. The average Bonchev–Trinajstić information content (AvgIpc) is 2.03. The second-order valence-electron chi connectivity index (χ2n) is 3.67. The average molecular weight is 243 g/mol. The smallest absolute Gasteiger partial charge is 0.313 e. The molecule has 80 valence electrons. The zero-order chi connectivity index (χ0) is 12.3. The van der Waals surface area contributed by atoms with Crippen molar-refractivity contribution in [2.24, 2.45) is 0 Å². The second-order valence-corrected chi connectivity index (χ2v) is 10.1. The van der Waals surface area contributed by atoms with Crippen LogP contribution in [0.1, 0.15) is 0 Å². The molecule has 0 amide bonds. The summed E-state index contributed by atoms with van der Waals surface area (Å²) in [6.45, 7) is 4.71. The van der Waals surface area contributed by atoms with E-state index in [9.17, 15) is 8.42 Å². The van der Waals surface area contributed by atoms with Gasteiger partial charge >= 0.3 is 14.9 Å². The van der Waals surface area contributed by atoms with E-state index in [4.69, 9.17) is 19.7 Å². The minimum atomic E-state index is -4.51. The molecular formula is C7H9N3O3SSi. The van der Waals surface area contributed by atoms with Crippen molar-refractivity contribution in [3.63, 3.8) is 0 Å². The fourth-order valence-corrected chi connectivity index (χ4v) is 4.10. The summed E-state index contributed by atoms with van der Waals surface area (Å²) < 4.78 is 24.9. The summed E-state index contributed by atoms with van der Waals surface area (Å²) in [6, 6.07) is 3.49. The van der Waals surface area contributed by atoms with Gasteiger partial charge in [-0.15, -0.1) is 0 Å². The van der Waals surface area contributed by atoms with Crippen LogP contribution < -0.4 is 0 Å². The highest BCUT2D eigenvalue weighted by atomic mass is 32.2. The zero-order valence-corrected chi connectivity index (χ0v) is 10.3. The number of nitrogens with zero attached hydrogens (tertiary/aromatic N) is 3. The lowest BCUT2D eigenvalue weighted by Gasteiger charge is -2.19. The number of hydrogen-bond acceptors (Lipinski definition) is 6. The first-order valence-corrected chi connectivity index (χ1v) is 8.65. The quantitative estimate of drug-likeness (QED) is 0.666. The molecule has 6 nitrogen and oxygen atoms in total. The lowest BCUT2D eigenvalue weighted by Crippen LogP contribution is -2.41. The molecule has 0 aromatic rings. The molecule has 0 bridgehead atoms. The van der Waals surface area contributed by atoms with Crippen molar-refractivity contribution < 1.29 is 12.3 Å². The lowest BCUT2D eigenvalue weighted by atomic mass is 10.2. The Morgan fingerprint density at radius 2 is 1.40 bits per heavy atom. The molecule has 0 heterocycles. The summed E-state index contributed by atoms with van der Waals surface area (Å²) in [5, 5.41) is 25.7. The minimum Gasteiger partial charge on any atom is -0.313 e. The lowest BCUT2D eigenvalue weighted by molar-refractivity contribution is 0.477. The molecule has 0 rings (SSSR count). The molecule has 8 heteroatoms. The van der Waals surface area contributed by atoms with Gasteiger partial charge in [-0.05, 0) is 19.6 Å². The maximum atomic E-state index is 11.5. The van der Waals surface area contributed by atoms with Crippen LogP contribution in [-0.4, -0.2) is 21.5 Å². The van der Waals surface area contributed by atoms with E-state index in [2.05, 4.69) is 0 Å². The second kappa shape index (κ2) is 3.99. The van der Waals surface area contributed by atoms with E-state index in [1.807, 2.05) is 0 Å². The van der Waals surface area contributed by atoms with Gasteiger partial charge in [0.2, 0.25) is 8.32 Å². The van der Waals surface area contributed by atoms with Gasteiger partial charge in [0.25, 0.3) is 0 Å². The summed E-state index contributed by atoms with van der Waals surface area (Å²) in [5.41, 5.74) is 0. The third-order valence-corrected chi connectivity index (χ3v) is 5.11. The van der Waals surface area contributed by atoms with E-state index in [1.54, 1.807) is 19.6 Å². The van der Waals surface area contributed by atoms with E-state index in [0.29, 0.717) is 0 Å². The molecule has 0 atom stereocenters. The molecule has 0 saturated carbocycles. The van der Waals surface area contributed by atoms with Gasteiger partial charge in [0, 0.05) is 0 Å². The highest BCUT2D eigenvalue weighted by molar-refractivity contribution is 7.90. The van der Waals surface area contributed by atoms with Gasteiger partial charge in [-0.25, -0.2) is 0 Å². The Balaban J connectivity index is 5.54.